The fourth-order valence-electron chi connectivity index (χ4n) is 4.07. The lowest BCUT2D eigenvalue weighted by atomic mass is 10.0. The molecule has 2 saturated heterocycles. The molecule has 3 amide bonds. The first-order valence-electron chi connectivity index (χ1n) is 11.7. The van der Waals surface area contributed by atoms with Crippen molar-refractivity contribution in [3.05, 3.63) is 29.6 Å². The number of nitrogens with zero attached hydrogens (tertiary/aromatic N) is 2. The van der Waals surface area contributed by atoms with Crippen LogP contribution in [0.15, 0.2) is 18.2 Å². The highest BCUT2D eigenvalue weighted by molar-refractivity contribution is 7.91. The number of benzene rings is 1. The number of ether oxygens (including phenoxy) is 2. The first-order valence-corrected chi connectivity index (χ1v) is 13.6. The number of rotatable bonds is 13. The fraction of sp³-hybridized carbons (Fsp3) is 0.652. The average Bonchev–Trinajstić information content (AvgIpc) is 3.11. The molecule has 34 heavy (non-hydrogen) atoms. The summed E-state index contributed by atoms with van der Waals surface area (Å²) in [6, 6.07) is 4.13. The van der Waals surface area contributed by atoms with Gasteiger partial charge in [0.05, 0.1) is 24.7 Å². The molecule has 1 atom stereocenters. The Bertz CT molecular complexity index is 952. The monoisotopic (exact) mass is 499 g/mol. The van der Waals surface area contributed by atoms with E-state index < -0.39 is 21.7 Å². The summed E-state index contributed by atoms with van der Waals surface area (Å²) in [5, 5.41) is 2.22. The van der Waals surface area contributed by atoms with Gasteiger partial charge in [0.15, 0.2) is 21.4 Å². The molecule has 9 nitrogen and oxygen atoms in total. The van der Waals surface area contributed by atoms with Crippen molar-refractivity contribution in [2.24, 2.45) is 0 Å². The predicted molar refractivity (Wildman–Crippen MR) is 125 cm³/mol. The summed E-state index contributed by atoms with van der Waals surface area (Å²) in [7, 11) is -3.30. The molecule has 11 heteroatoms. The van der Waals surface area contributed by atoms with Gasteiger partial charge in [-0.15, -0.1) is 0 Å². The van der Waals surface area contributed by atoms with Gasteiger partial charge >= 0.3 is 6.03 Å². The van der Waals surface area contributed by atoms with Crippen LogP contribution in [0.2, 0.25) is 0 Å². The molecule has 0 unspecified atom stereocenters. The van der Waals surface area contributed by atoms with Gasteiger partial charge in [-0.1, -0.05) is 19.4 Å². The summed E-state index contributed by atoms with van der Waals surface area (Å²) in [6.45, 7) is 6.35. The minimum atomic E-state index is -3.30. The molecular weight excluding hydrogens is 465 g/mol. The quantitative estimate of drug-likeness (QED) is 0.326. The number of carbonyl (C=O) groups is 2. The van der Waals surface area contributed by atoms with E-state index in [1.807, 2.05) is 6.92 Å². The Morgan fingerprint density at radius 3 is 2.62 bits per heavy atom. The van der Waals surface area contributed by atoms with E-state index in [-0.39, 0.29) is 35.6 Å². The average molecular weight is 500 g/mol. The van der Waals surface area contributed by atoms with E-state index in [1.165, 1.54) is 11.0 Å². The van der Waals surface area contributed by atoms with Crippen LogP contribution in [0.25, 0.3) is 0 Å². The molecule has 2 aliphatic rings. The summed E-state index contributed by atoms with van der Waals surface area (Å²) in [4.78, 5) is 26.3. The molecule has 0 radical (unpaired) electrons. The number of halogens is 1. The van der Waals surface area contributed by atoms with E-state index in [1.54, 1.807) is 12.1 Å². The Morgan fingerprint density at radius 1 is 1.15 bits per heavy atom. The van der Waals surface area contributed by atoms with Crippen LogP contribution in [0.4, 0.5) is 9.18 Å². The van der Waals surface area contributed by atoms with Crippen LogP contribution in [-0.2, 0) is 19.4 Å². The largest absolute Gasteiger partial charge is 0.489 e. The lowest BCUT2D eigenvalue weighted by Gasteiger charge is -2.26. The maximum absolute atomic E-state index is 14.2. The highest BCUT2D eigenvalue weighted by atomic mass is 32.2. The van der Waals surface area contributed by atoms with Crippen molar-refractivity contribution in [1.29, 1.82) is 0 Å². The van der Waals surface area contributed by atoms with Gasteiger partial charge in [0.1, 0.15) is 13.2 Å². The second-order valence-electron chi connectivity index (χ2n) is 8.84. The summed E-state index contributed by atoms with van der Waals surface area (Å²) in [5.74, 6) is -0.922. The normalized spacial score (nSPS) is 18.2. The van der Waals surface area contributed by atoms with Gasteiger partial charge in [-0.2, -0.15) is 0 Å². The molecule has 1 aromatic carbocycles. The third-order valence-corrected chi connectivity index (χ3v) is 7.97. The summed E-state index contributed by atoms with van der Waals surface area (Å²) < 4.78 is 50.3. The Morgan fingerprint density at radius 2 is 1.91 bits per heavy atom. The number of urea groups is 1. The zero-order valence-corrected chi connectivity index (χ0v) is 20.4. The maximum atomic E-state index is 14.2. The minimum Gasteiger partial charge on any atom is -0.489 e. The van der Waals surface area contributed by atoms with E-state index in [0.29, 0.717) is 52.2 Å². The van der Waals surface area contributed by atoms with Gasteiger partial charge in [-0.3, -0.25) is 15.0 Å². The lowest BCUT2D eigenvalue weighted by Crippen LogP contribution is -2.38. The highest BCUT2D eigenvalue weighted by Gasteiger charge is 2.26. The van der Waals surface area contributed by atoms with Crippen LogP contribution in [-0.4, -0.2) is 94.2 Å². The summed E-state index contributed by atoms with van der Waals surface area (Å²) in [5.41, 5.74) is 0.719. The molecule has 2 aliphatic heterocycles. The Hall–Kier alpha value is -2.24. The van der Waals surface area contributed by atoms with Crippen molar-refractivity contribution in [2.75, 3.05) is 64.1 Å². The third kappa shape index (κ3) is 8.21. The number of morpholine rings is 1. The van der Waals surface area contributed by atoms with E-state index in [4.69, 9.17) is 9.47 Å². The van der Waals surface area contributed by atoms with Crippen molar-refractivity contribution in [1.82, 2.24) is 15.1 Å². The highest BCUT2D eigenvalue weighted by Crippen LogP contribution is 2.25. The number of nitrogens with one attached hydrogen (secondary N) is 1. The minimum absolute atomic E-state index is 0.0329. The van der Waals surface area contributed by atoms with Crippen LogP contribution in [0.3, 0.4) is 0 Å². The van der Waals surface area contributed by atoms with Crippen LogP contribution in [0, 0.1) is 5.82 Å². The van der Waals surface area contributed by atoms with E-state index in [0.717, 1.165) is 18.7 Å². The van der Waals surface area contributed by atoms with E-state index in [9.17, 15) is 22.4 Å². The third-order valence-electron chi connectivity index (χ3n) is 6.05. The van der Waals surface area contributed by atoms with Gasteiger partial charge in [-0.25, -0.2) is 17.6 Å². The van der Waals surface area contributed by atoms with Gasteiger partial charge in [0.2, 0.25) is 5.91 Å². The zero-order chi connectivity index (χ0) is 24.6. The molecule has 3 rings (SSSR count). The number of amides is 3. The number of sulfone groups is 1. The first-order chi connectivity index (χ1) is 16.2. The molecule has 0 aromatic heterocycles. The van der Waals surface area contributed by atoms with Gasteiger partial charge in [-0.05, 0) is 36.5 Å². The number of unbranched alkanes of at least 4 members (excludes halogenated alkanes) is 2. The van der Waals surface area contributed by atoms with Crippen molar-refractivity contribution < 1.29 is 31.9 Å². The lowest BCUT2D eigenvalue weighted by molar-refractivity contribution is -0.118. The predicted octanol–water partition coefficient (Wildman–Crippen LogP) is 1.78. The topological polar surface area (TPSA) is 105 Å². The Kier molecular flexibility index (Phi) is 9.66. The molecule has 2 fully saturated rings. The molecule has 0 aliphatic carbocycles. The fourth-order valence-corrected chi connectivity index (χ4v) is 5.84. The van der Waals surface area contributed by atoms with Crippen LogP contribution >= 0.6 is 0 Å². The van der Waals surface area contributed by atoms with Gasteiger partial charge in [0.25, 0.3) is 0 Å². The number of hydrogen-bond acceptors (Lipinski definition) is 7. The van der Waals surface area contributed by atoms with Crippen molar-refractivity contribution in [3.63, 3.8) is 0 Å². The number of imide groups is 1. The summed E-state index contributed by atoms with van der Waals surface area (Å²) in [6.07, 6.45) is 1.76. The first kappa shape index (κ1) is 26.4. The molecule has 0 saturated carbocycles. The maximum Gasteiger partial charge on any atom is 0.324 e. The standard InChI is InChI=1S/C23H34FN3O6S/c1-18(17-34(30,31)14-4-2-3-7-27-16-22(28)25-23(27)29)19-5-6-20(24)21(15-19)33-13-10-26-8-11-32-12-9-26/h5-6,15,18H,2-4,7-14,16-17H2,1H3,(H,25,28,29)/t18-/m0/s1. The van der Waals surface area contributed by atoms with Crippen LogP contribution < -0.4 is 10.1 Å². The van der Waals surface area contributed by atoms with Gasteiger partial charge < -0.3 is 14.4 Å². The number of hydrogen-bond donors (Lipinski definition) is 1. The molecule has 190 valence electrons. The smallest absolute Gasteiger partial charge is 0.324 e. The molecule has 2 heterocycles. The van der Waals surface area contributed by atoms with Crippen molar-refractivity contribution in [2.45, 2.75) is 32.1 Å². The van der Waals surface area contributed by atoms with Gasteiger partial charge in [0, 0.05) is 26.2 Å². The Labute approximate surface area is 200 Å². The molecule has 0 spiro atoms. The van der Waals surface area contributed by atoms with Crippen molar-refractivity contribution >= 4 is 21.8 Å². The van der Waals surface area contributed by atoms with Crippen LogP contribution in [0.1, 0.15) is 37.7 Å². The van der Waals surface area contributed by atoms with E-state index in [2.05, 4.69) is 10.2 Å². The van der Waals surface area contributed by atoms with Crippen molar-refractivity contribution in [3.8, 4) is 5.75 Å². The SMILES string of the molecule is C[C@@H](CS(=O)(=O)CCCCCN1CC(=O)NC1=O)c1ccc(F)c(OCCN2CCOCC2)c1. The Balaban J connectivity index is 1.41. The molecular formula is C23H34FN3O6S. The molecule has 0 bridgehead atoms. The second-order valence-corrected chi connectivity index (χ2v) is 11.1. The number of carbonyl (C=O) groups excluding carboxylic acids is 2. The summed E-state index contributed by atoms with van der Waals surface area (Å²) >= 11 is 0. The molecule has 1 aromatic rings. The molecule has 1 N–H and O–H groups in total. The van der Waals surface area contributed by atoms with E-state index >= 15 is 0 Å². The van der Waals surface area contributed by atoms with Crippen LogP contribution in [0.5, 0.6) is 5.75 Å². The second kappa shape index (κ2) is 12.5. The zero-order valence-electron chi connectivity index (χ0n) is 19.6.